The number of aryl methyl sites for hydroxylation is 1. The van der Waals surface area contributed by atoms with Gasteiger partial charge in [-0.3, -0.25) is 4.79 Å². The first-order valence-electron chi connectivity index (χ1n) is 7.20. The van der Waals surface area contributed by atoms with E-state index in [0.717, 1.165) is 41.7 Å². The van der Waals surface area contributed by atoms with E-state index >= 15 is 0 Å². The number of amides is 1. The molecule has 116 valence electrons. The number of hydrogen-bond donors (Lipinski definition) is 0. The van der Waals surface area contributed by atoms with Gasteiger partial charge in [-0.1, -0.05) is 0 Å². The number of thiazole rings is 1. The van der Waals surface area contributed by atoms with E-state index in [1.165, 1.54) is 0 Å². The summed E-state index contributed by atoms with van der Waals surface area (Å²) in [6.45, 7) is 3.14. The van der Waals surface area contributed by atoms with E-state index in [2.05, 4.69) is 4.98 Å². The zero-order chi connectivity index (χ0) is 15.7. The lowest BCUT2D eigenvalue weighted by Crippen LogP contribution is -2.38. The minimum absolute atomic E-state index is 0.0704. The molecule has 0 atom stereocenters. The summed E-state index contributed by atoms with van der Waals surface area (Å²) in [5.41, 5.74) is 1.09. The van der Waals surface area contributed by atoms with Crippen LogP contribution in [0, 0.1) is 18.6 Å². The predicted octanol–water partition coefficient (Wildman–Crippen LogP) is 3.75. The van der Waals surface area contributed by atoms with Crippen LogP contribution in [0.4, 0.5) is 8.78 Å². The first kappa shape index (κ1) is 15.1. The average Bonchev–Trinajstić information content (AvgIpc) is 2.92. The lowest BCUT2D eigenvalue weighted by molar-refractivity contribution is 0.0712. The molecule has 6 heteroatoms. The Morgan fingerprint density at radius 2 is 1.86 bits per heavy atom. The van der Waals surface area contributed by atoms with Crippen LogP contribution in [0.25, 0.3) is 0 Å². The molecule has 22 heavy (non-hydrogen) atoms. The van der Waals surface area contributed by atoms with Crippen LogP contribution in [-0.4, -0.2) is 28.9 Å². The van der Waals surface area contributed by atoms with Crippen molar-refractivity contribution in [2.75, 3.05) is 13.1 Å². The third-order valence-corrected chi connectivity index (χ3v) is 5.00. The fourth-order valence-corrected chi connectivity index (χ4v) is 3.72. The summed E-state index contributed by atoms with van der Waals surface area (Å²) in [6.07, 6.45) is 1.66. The molecule has 0 spiro atoms. The van der Waals surface area contributed by atoms with Crippen molar-refractivity contribution in [1.82, 2.24) is 9.88 Å². The number of likely N-dealkylation sites (tertiary alicyclic amines) is 1. The second-order valence-corrected chi connectivity index (χ2v) is 6.44. The number of aromatic nitrogens is 1. The van der Waals surface area contributed by atoms with Crippen molar-refractivity contribution in [3.8, 4) is 0 Å². The predicted molar refractivity (Wildman–Crippen MR) is 81.1 cm³/mol. The largest absolute Gasteiger partial charge is 0.339 e. The second-order valence-electron chi connectivity index (χ2n) is 5.55. The van der Waals surface area contributed by atoms with E-state index in [1.807, 2.05) is 12.3 Å². The molecule has 0 bridgehead atoms. The molecule has 1 aliphatic rings. The van der Waals surface area contributed by atoms with Crippen LogP contribution in [-0.2, 0) is 0 Å². The number of carbonyl (C=O) groups excluding carboxylic acids is 1. The van der Waals surface area contributed by atoms with Crippen molar-refractivity contribution >= 4 is 17.2 Å². The first-order chi connectivity index (χ1) is 10.5. The molecule has 1 aromatic carbocycles. The van der Waals surface area contributed by atoms with E-state index in [4.69, 9.17) is 0 Å². The van der Waals surface area contributed by atoms with Crippen molar-refractivity contribution in [1.29, 1.82) is 0 Å². The molecule has 3 rings (SSSR count). The van der Waals surface area contributed by atoms with Gasteiger partial charge in [0.2, 0.25) is 0 Å². The maximum Gasteiger partial charge on any atom is 0.254 e. The molecule has 2 heterocycles. The monoisotopic (exact) mass is 322 g/mol. The zero-order valence-corrected chi connectivity index (χ0v) is 13.0. The molecule has 0 aliphatic carbocycles. The van der Waals surface area contributed by atoms with Gasteiger partial charge in [-0.25, -0.2) is 13.8 Å². The van der Waals surface area contributed by atoms with Crippen molar-refractivity contribution in [3.05, 3.63) is 51.5 Å². The number of halogens is 2. The smallest absolute Gasteiger partial charge is 0.254 e. The SMILES string of the molecule is Cc1csc(C2CCN(C(=O)c3cc(F)cc(F)c3)CC2)n1. The highest BCUT2D eigenvalue weighted by Crippen LogP contribution is 2.30. The van der Waals surface area contributed by atoms with Gasteiger partial charge in [-0.05, 0) is 31.9 Å². The Morgan fingerprint density at radius 3 is 2.41 bits per heavy atom. The number of benzene rings is 1. The summed E-state index contributed by atoms with van der Waals surface area (Å²) < 4.78 is 26.4. The summed E-state index contributed by atoms with van der Waals surface area (Å²) in [5, 5.41) is 3.14. The molecule has 1 fully saturated rings. The quantitative estimate of drug-likeness (QED) is 0.844. The number of carbonyl (C=O) groups is 1. The summed E-state index contributed by atoms with van der Waals surface area (Å²) in [7, 11) is 0. The maximum atomic E-state index is 13.2. The standard InChI is InChI=1S/C16H16F2N2OS/c1-10-9-22-15(19-10)11-2-4-20(5-3-11)16(21)12-6-13(17)8-14(18)7-12/h6-9,11H,2-5H2,1H3. The highest BCUT2D eigenvalue weighted by Gasteiger charge is 2.26. The molecule has 3 nitrogen and oxygen atoms in total. The molecule has 0 N–H and O–H groups in total. The molecular formula is C16H16F2N2OS. The molecular weight excluding hydrogens is 306 g/mol. The molecule has 1 amide bonds. The number of rotatable bonds is 2. The topological polar surface area (TPSA) is 33.2 Å². The van der Waals surface area contributed by atoms with Crippen LogP contribution in [0.5, 0.6) is 0 Å². The van der Waals surface area contributed by atoms with Crippen LogP contribution in [0.1, 0.15) is 39.8 Å². The molecule has 2 aromatic rings. The minimum Gasteiger partial charge on any atom is -0.339 e. The van der Waals surface area contributed by atoms with Gasteiger partial charge in [0.25, 0.3) is 5.91 Å². The molecule has 0 saturated carbocycles. The van der Waals surface area contributed by atoms with Gasteiger partial charge in [0, 0.05) is 41.7 Å². The van der Waals surface area contributed by atoms with E-state index in [-0.39, 0.29) is 11.5 Å². The van der Waals surface area contributed by atoms with E-state index in [1.54, 1.807) is 16.2 Å². The van der Waals surface area contributed by atoms with Crippen molar-refractivity contribution in [3.63, 3.8) is 0 Å². The van der Waals surface area contributed by atoms with Crippen LogP contribution in [0.2, 0.25) is 0 Å². The molecule has 0 radical (unpaired) electrons. The van der Waals surface area contributed by atoms with Crippen molar-refractivity contribution in [2.45, 2.75) is 25.7 Å². The van der Waals surface area contributed by atoms with Gasteiger partial charge in [-0.2, -0.15) is 0 Å². The third kappa shape index (κ3) is 3.16. The van der Waals surface area contributed by atoms with Gasteiger partial charge in [0.05, 0.1) is 5.01 Å². The highest BCUT2D eigenvalue weighted by molar-refractivity contribution is 7.09. The Bertz CT molecular complexity index is 673. The summed E-state index contributed by atoms with van der Waals surface area (Å²) in [5.74, 6) is -1.40. The van der Waals surface area contributed by atoms with Crippen LogP contribution in [0.3, 0.4) is 0 Å². The van der Waals surface area contributed by atoms with Gasteiger partial charge < -0.3 is 4.90 Å². The Balaban J connectivity index is 1.67. The number of piperidine rings is 1. The minimum atomic E-state index is -0.725. The highest BCUT2D eigenvalue weighted by atomic mass is 32.1. The molecule has 1 aromatic heterocycles. The lowest BCUT2D eigenvalue weighted by Gasteiger charge is -2.31. The summed E-state index contributed by atoms with van der Waals surface area (Å²) in [4.78, 5) is 18.5. The second kappa shape index (κ2) is 6.12. The summed E-state index contributed by atoms with van der Waals surface area (Å²) in [6, 6.07) is 2.94. The van der Waals surface area contributed by atoms with Gasteiger partial charge >= 0.3 is 0 Å². The van der Waals surface area contributed by atoms with Gasteiger partial charge in [0.1, 0.15) is 11.6 Å². The fraction of sp³-hybridized carbons (Fsp3) is 0.375. The van der Waals surface area contributed by atoms with Crippen molar-refractivity contribution < 1.29 is 13.6 Å². The Labute approximate surface area is 131 Å². The average molecular weight is 322 g/mol. The van der Waals surface area contributed by atoms with Gasteiger partial charge in [-0.15, -0.1) is 11.3 Å². The molecule has 1 saturated heterocycles. The lowest BCUT2D eigenvalue weighted by atomic mass is 9.97. The van der Waals surface area contributed by atoms with Crippen molar-refractivity contribution in [2.24, 2.45) is 0 Å². The number of hydrogen-bond acceptors (Lipinski definition) is 3. The van der Waals surface area contributed by atoms with Crippen LogP contribution < -0.4 is 0 Å². The maximum absolute atomic E-state index is 13.2. The first-order valence-corrected chi connectivity index (χ1v) is 8.08. The number of nitrogens with zero attached hydrogens (tertiary/aromatic N) is 2. The zero-order valence-electron chi connectivity index (χ0n) is 12.2. The molecule has 1 aliphatic heterocycles. The van der Waals surface area contributed by atoms with Crippen LogP contribution in [0.15, 0.2) is 23.6 Å². The summed E-state index contributed by atoms with van der Waals surface area (Å²) >= 11 is 1.65. The normalized spacial score (nSPS) is 16.0. The van der Waals surface area contributed by atoms with Gasteiger partial charge in [0.15, 0.2) is 0 Å². The Morgan fingerprint density at radius 1 is 1.23 bits per heavy atom. The van der Waals surface area contributed by atoms with E-state index in [9.17, 15) is 13.6 Å². The Kier molecular flexibility index (Phi) is 4.20. The van der Waals surface area contributed by atoms with Crippen LogP contribution >= 0.6 is 11.3 Å². The van der Waals surface area contributed by atoms with E-state index in [0.29, 0.717) is 19.0 Å². The van der Waals surface area contributed by atoms with E-state index < -0.39 is 11.6 Å². The Hall–Kier alpha value is -1.82. The third-order valence-electron chi connectivity index (χ3n) is 3.88. The molecule has 0 unspecified atom stereocenters. The fourth-order valence-electron chi connectivity index (χ4n) is 2.75.